The molecule has 1 rings (SSSR count). The molecule has 2 amide bonds. The van der Waals surface area contributed by atoms with E-state index in [1.54, 1.807) is 4.90 Å². The van der Waals surface area contributed by atoms with E-state index in [2.05, 4.69) is 18.0 Å². The van der Waals surface area contributed by atoms with E-state index in [-0.39, 0.29) is 6.03 Å². The number of carbonyl (C=O) groups is 1. The third-order valence-corrected chi connectivity index (χ3v) is 2.60. The second kappa shape index (κ2) is 6.24. The largest absolute Gasteiger partial charge is 0.322 e. The van der Waals surface area contributed by atoms with Gasteiger partial charge in [0.2, 0.25) is 0 Å². The Kier molecular flexibility index (Phi) is 4.95. The van der Waals surface area contributed by atoms with E-state index in [1.165, 1.54) is 0 Å². The fraction of sp³-hybridized carbons (Fsp3) is 0.400. The predicted octanol–water partition coefficient (Wildman–Crippen LogP) is 3.73. The Bertz CT molecular complexity index is 432. The standard InChI is InChI=1S/C15H22N2O/c1-6-17(10-11(2)3)15(18)16-14-8-12(4)7-13(5)9-14/h7-9H,2,6,10H2,1,3-5H3,(H,16,18). The summed E-state index contributed by atoms with van der Waals surface area (Å²) in [6, 6.07) is 5.95. The van der Waals surface area contributed by atoms with Crippen LogP contribution < -0.4 is 5.32 Å². The van der Waals surface area contributed by atoms with Gasteiger partial charge in [-0.05, 0) is 51.0 Å². The molecule has 0 bridgehead atoms. The first kappa shape index (κ1) is 14.3. The molecule has 1 aromatic rings. The van der Waals surface area contributed by atoms with Gasteiger partial charge in [0.25, 0.3) is 0 Å². The molecule has 0 unspecified atom stereocenters. The zero-order valence-electron chi connectivity index (χ0n) is 11.7. The highest BCUT2D eigenvalue weighted by atomic mass is 16.2. The first-order chi connectivity index (χ1) is 8.42. The number of hydrogen-bond acceptors (Lipinski definition) is 1. The molecule has 3 heteroatoms. The number of nitrogens with one attached hydrogen (secondary N) is 1. The summed E-state index contributed by atoms with van der Waals surface area (Å²) in [7, 11) is 0. The summed E-state index contributed by atoms with van der Waals surface area (Å²) in [6.07, 6.45) is 0. The molecule has 0 heterocycles. The van der Waals surface area contributed by atoms with E-state index >= 15 is 0 Å². The predicted molar refractivity (Wildman–Crippen MR) is 77.0 cm³/mol. The van der Waals surface area contributed by atoms with Crippen LogP contribution in [0.2, 0.25) is 0 Å². The number of anilines is 1. The Morgan fingerprint density at radius 2 is 1.83 bits per heavy atom. The number of amides is 2. The van der Waals surface area contributed by atoms with E-state index in [1.807, 2.05) is 39.8 Å². The normalized spacial score (nSPS) is 10.0. The van der Waals surface area contributed by atoms with Crippen molar-refractivity contribution in [1.82, 2.24) is 4.90 Å². The van der Waals surface area contributed by atoms with Gasteiger partial charge in [0, 0.05) is 18.8 Å². The molecule has 3 nitrogen and oxygen atoms in total. The number of carbonyl (C=O) groups excluding carboxylic acids is 1. The van der Waals surface area contributed by atoms with Crippen molar-refractivity contribution in [2.24, 2.45) is 0 Å². The van der Waals surface area contributed by atoms with Crippen molar-refractivity contribution < 1.29 is 4.79 Å². The molecule has 0 spiro atoms. The number of urea groups is 1. The van der Waals surface area contributed by atoms with Crippen molar-refractivity contribution >= 4 is 11.7 Å². The lowest BCUT2D eigenvalue weighted by Crippen LogP contribution is -2.35. The lowest BCUT2D eigenvalue weighted by atomic mass is 10.1. The first-order valence-electron chi connectivity index (χ1n) is 6.21. The van der Waals surface area contributed by atoms with Crippen LogP contribution in [-0.2, 0) is 0 Å². The average Bonchev–Trinajstić information content (AvgIpc) is 2.23. The van der Waals surface area contributed by atoms with Gasteiger partial charge in [-0.2, -0.15) is 0 Å². The van der Waals surface area contributed by atoms with Gasteiger partial charge in [0.15, 0.2) is 0 Å². The monoisotopic (exact) mass is 246 g/mol. The second-order valence-corrected chi connectivity index (χ2v) is 4.78. The van der Waals surface area contributed by atoms with Gasteiger partial charge in [-0.3, -0.25) is 0 Å². The SMILES string of the molecule is C=C(C)CN(CC)C(=O)Nc1cc(C)cc(C)c1. The molecule has 0 atom stereocenters. The van der Waals surface area contributed by atoms with E-state index in [9.17, 15) is 4.79 Å². The summed E-state index contributed by atoms with van der Waals surface area (Å²) in [5, 5.41) is 2.93. The molecule has 1 N–H and O–H groups in total. The van der Waals surface area contributed by atoms with Crippen LogP contribution in [0.1, 0.15) is 25.0 Å². The molecule has 0 aliphatic rings. The van der Waals surface area contributed by atoms with Crippen LogP contribution in [0.25, 0.3) is 0 Å². The van der Waals surface area contributed by atoms with Gasteiger partial charge in [0.05, 0.1) is 0 Å². The maximum atomic E-state index is 12.1. The quantitative estimate of drug-likeness (QED) is 0.807. The van der Waals surface area contributed by atoms with Gasteiger partial charge in [-0.15, -0.1) is 0 Å². The zero-order valence-corrected chi connectivity index (χ0v) is 11.7. The Labute approximate surface area is 109 Å². The third kappa shape index (κ3) is 4.24. The molecule has 0 saturated carbocycles. The molecule has 0 saturated heterocycles. The zero-order chi connectivity index (χ0) is 13.7. The number of likely N-dealkylation sites (N-methyl/N-ethyl adjacent to an activating group) is 1. The molecular weight excluding hydrogens is 224 g/mol. The van der Waals surface area contributed by atoms with Crippen molar-refractivity contribution in [2.45, 2.75) is 27.7 Å². The van der Waals surface area contributed by atoms with Crippen LogP contribution in [0.3, 0.4) is 0 Å². The van der Waals surface area contributed by atoms with Crippen molar-refractivity contribution in [2.75, 3.05) is 18.4 Å². The van der Waals surface area contributed by atoms with Crippen LogP contribution >= 0.6 is 0 Å². The smallest absolute Gasteiger partial charge is 0.321 e. The van der Waals surface area contributed by atoms with Crippen LogP contribution in [0, 0.1) is 13.8 Å². The molecule has 1 aromatic carbocycles. The van der Waals surface area contributed by atoms with Crippen molar-refractivity contribution in [3.63, 3.8) is 0 Å². The lowest BCUT2D eigenvalue weighted by Gasteiger charge is -2.21. The second-order valence-electron chi connectivity index (χ2n) is 4.78. The highest BCUT2D eigenvalue weighted by molar-refractivity contribution is 5.89. The Balaban J connectivity index is 2.76. The number of aryl methyl sites for hydroxylation is 2. The van der Waals surface area contributed by atoms with E-state index < -0.39 is 0 Å². The fourth-order valence-corrected chi connectivity index (χ4v) is 1.90. The summed E-state index contributed by atoms with van der Waals surface area (Å²) < 4.78 is 0. The summed E-state index contributed by atoms with van der Waals surface area (Å²) >= 11 is 0. The highest BCUT2D eigenvalue weighted by Gasteiger charge is 2.11. The summed E-state index contributed by atoms with van der Waals surface area (Å²) in [5.74, 6) is 0. The molecule has 0 radical (unpaired) electrons. The van der Waals surface area contributed by atoms with Crippen molar-refractivity contribution in [3.05, 3.63) is 41.5 Å². The number of rotatable bonds is 4. The molecule has 0 aromatic heterocycles. The Morgan fingerprint density at radius 3 is 2.28 bits per heavy atom. The van der Waals surface area contributed by atoms with E-state index in [0.717, 1.165) is 22.4 Å². The maximum Gasteiger partial charge on any atom is 0.322 e. The van der Waals surface area contributed by atoms with Gasteiger partial charge in [-0.25, -0.2) is 4.79 Å². The van der Waals surface area contributed by atoms with Gasteiger partial charge >= 0.3 is 6.03 Å². The summed E-state index contributed by atoms with van der Waals surface area (Å²) in [6.45, 7) is 13.0. The van der Waals surface area contributed by atoms with Gasteiger partial charge in [-0.1, -0.05) is 18.2 Å². The molecule has 0 aliphatic heterocycles. The minimum absolute atomic E-state index is 0.0782. The average molecular weight is 246 g/mol. The third-order valence-electron chi connectivity index (χ3n) is 2.60. The number of hydrogen-bond donors (Lipinski definition) is 1. The van der Waals surface area contributed by atoms with Crippen molar-refractivity contribution in [1.29, 1.82) is 0 Å². The summed E-state index contributed by atoms with van der Waals surface area (Å²) in [5.41, 5.74) is 4.12. The van der Waals surface area contributed by atoms with E-state index in [4.69, 9.17) is 0 Å². The van der Waals surface area contributed by atoms with Crippen molar-refractivity contribution in [3.8, 4) is 0 Å². The van der Waals surface area contributed by atoms with Crippen LogP contribution in [-0.4, -0.2) is 24.0 Å². The first-order valence-corrected chi connectivity index (χ1v) is 6.21. The molecule has 18 heavy (non-hydrogen) atoms. The van der Waals surface area contributed by atoms with Crippen LogP contribution in [0.4, 0.5) is 10.5 Å². The minimum Gasteiger partial charge on any atom is -0.321 e. The minimum atomic E-state index is -0.0782. The molecule has 0 aliphatic carbocycles. The molecule has 98 valence electrons. The Hall–Kier alpha value is -1.77. The van der Waals surface area contributed by atoms with E-state index in [0.29, 0.717) is 13.1 Å². The van der Waals surface area contributed by atoms with Crippen LogP contribution in [0.5, 0.6) is 0 Å². The highest BCUT2D eigenvalue weighted by Crippen LogP contribution is 2.14. The van der Waals surface area contributed by atoms with Crippen LogP contribution in [0.15, 0.2) is 30.4 Å². The van der Waals surface area contributed by atoms with Gasteiger partial charge in [0.1, 0.15) is 0 Å². The van der Waals surface area contributed by atoms with Gasteiger partial charge < -0.3 is 10.2 Å². The molecule has 0 fully saturated rings. The molecular formula is C15H22N2O. The maximum absolute atomic E-state index is 12.1. The lowest BCUT2D eigenvalue weighted by molar-refractivity contribution is 0.218. The number of benzene rings is 1. The summed E-state index contributed by atoms with van der Waals surface area (Å²) in [4.78, 5) is 13.8. The fourth-order valence-electron chi connectivity index (χ4n) is 1.90. The Morgan fingerprint density at radius 1 is 1.28 bits per heavy atom. The topological polar surface area (TPSA) is 32.3 Å². The number of nitrogens with zero attached hydrogens (tertiary/aromatic N) is 1.